The molecule has 0 fully saturated rings. The first-order chi connectivity index (χ1) is 8.66. The fourth-order valence-electron chi connectivity index (χ4n) is 1.98. The maximum atomic E-state index is 6.18. The van der Waals surface area contributed by atoms with E-state index in [9.17, 15) is 0 Å². The fraction of sp³-hybridized carbons (Fsp3) is 0.583. The summed E-state index contributed by atoms with van der Waals surface area (Å²) >= 11 is 0. The van der Waals surface area contributed by atoms with Crippen LogP contribution in [0, 0.1) is 5.92 Å². The lowest BCUT2D eigenvalue weighted by Crippen LogP contribution is -2.18. The van der Waals surface area contributed by atoms with E-state index in [-0.39, 0.29) is 6.04 Å². The van der Waals surface area contributed by atoms with Crippen molar-refractivity contribution >= 4 is 0 Å². The summed E-state index contributed by atoms with van der Waals surface area (Å²) in [6.07, 6.45) is 6.65. The van der Waals surface area contributed by atoms with Crippen molar-refractivity contribution in [3.05, 3.63) is 30.4 Å². The Balaban J connectivity index is 1.99. The molecule has 1 unspecified atom stereocenters. The molecule has 0 amide bonds. The molecule has 0 aliphatic rings. The Labute approximate surface area is 106 Å². The van der Waals surface area contributed by atoms with Gasteiger partial charge in [-0.2, -0.15) is 4.98 Å². The fourth-order valence-corrected chi connectivity index (χ4v) is 1.98. The molecule has 1 atom stereocenters. The van der Waals surface area contributed by atoms with Crippen molar-refractivity contribution < 1.29 is 4.52 Å². The van der Waals surface area contributed by atoms with E-state index < -0.39 is 0 Å². The third-order valence-corrected chi connectivity index (χ3v) is 2.83. The first-order valence-corrected chi connectivity index (χ1v) is 6.17. The Kier molecular flexibility index (Phi) is 4.09. The molecule has 0 saturated heterocycles. The Bertz CT molecular complexity index is 463. The van der Waals surface area contributed by atoms with Gasteiger partial charge in [0.05, 0.1) is 12.0 Å². The maximum absolute atomic E-state index is 6.18. The highest BCUT2D eigenvalue weighted by molar-refractivity contribution is 5.05. The van der Waals surface area contributed by atoms with E-state index in [0.29, 0.717) is 18.2 Å². The Morgan fingerprint density at radius 3 is 2.94 bits per heavy atom. The number of hydrogen-bond acceptors (Lipinski definition) is 5. The SMILES string of the molecule is CC(C)CC(N)c1cncn1CCc1ncon1. The molecule has 0 aliphatic carbocycles. The van der Waals surface area contributed by atoms with Gasteiger partial charge in [0.2, 0.25) is 6.39 Å². The summed E-state index contributed by atoms with van der Waals surface area (Å²) in [7, 11) is 0. The minimum atomic E-state index is 0.0257. The molecule has 0 aliphatic heterocycles. The van der Waals surface area contributed by atoms with E-state index in [1.54, 1.807) is 6.33 Å². The van der Waals surface area contributed by atoms with Crippen LogP contribution < -0.4 is 5.73 Å². The van der Waals surface area contributed by atoms with Crippen molar-refractivity contribution in [3.63, 3.8) is 0 Å². The summed E-state index contributed by atoms with van der Waals surface area (Å²) in [6, 6.07) is 0.0257. The Morgan fingerprint density at radius 2 is 2.28 bits per heavy atom. The first-order valence-electron chi connectivity index (χ1n) is 6.17. The van der Waals surface area contributed by atoms with Gasteiger partial charge in [-0.25, -0.2) is 4.98 Å². The second-order valence-corrected chi connectivity index (χ2v) is 4.85. The average molecular weight is 249 g/mol. The molecule has 18 heavy (non-hydrogen) atoms. The van der Waals surface area contributed by atoms with Gasteiger partial charge in [-0.05, 0) is 12.3 Å². The van der Waals surface area contributed by atoms with Gasteiger partial charge in [0.1, 0.15) is 0 Å². The Hall–Kier alpha value is -1.69. The molecule has 0 aromatic carbocycles. The van der Waals surface area contributed by atoms with Crippen LogP contribution in [0.25, 0.3) is 0 Å². The van der Waals surface area contributed by atoms with Gasteiger partial charge in [0.15, 0.2) is 5.82 Å². The van der Waals surface area contributed by atoms with Gasteiger partial charge < -0.3 is 14.8 Å². The largest absolute Gasteiger partial charge is 0.343 e. The molecule has 0 saturated carbocycles. The number of imidazole rings is 1. The van der Waals surface area contributed by atoms with Crippen LogP contribution in [-0.2, 0) is 13.0 Å². The smallest absolute Gasteiger partial charge is 0.213 e. The van der Waals surface area contributed by atoms with E-state index in [1.807, 2.05) is 6.20 Å². The number of nitrogens with two attached hydrogens (primary N) is 1. The molecule has 2 N–H and O–H groups in total. The molecule has 2 rings (SSSR count). The normalized spacial score (nSPS) is 13.1. The third kappa shape index (κ3) is 3.16. The zero-order valence-electron chi connectivity index (χ0n) is 10.8. The van der Waals surface area contributed by atoms with E-state index in [4.69, 9.17) is 10.3 Å². The average Bonchev–Trinajstić information content (AvgIpc) is 2.96. The van der Waals surface area contributed by atoms with Crippen molar-refractivity contribution in [2.24, 2.45) is 11.7 Å². The molecular weight excluding hydrogens is 230 g/mol. The molecule has 0 spiro atoms. The lowest BCUT2D eigenvalue weighted by atomic mass is 10.0. The van der Waals surface area contributed by atoms with E-state index in [1.165, 1.54) is 6.39 Å². The van der Waals surface area contributed by atoms with Crippen molar-refractivity contribution in [1.82, 2.24) is 19.7 Å². The van der Waals surface area contributed by atoms with Crippen LogP contribution in [0.1, 0.15) is 37.8 Å². The molecule has 6 nitrogen and oxygen atoms in total. The predicted octanol–water partition coefficient (Wildman–Crippen LogP) is 1.55. The highest BCUT2D eigenvalue weighted by atomic mass is 16.5. The van der Waals surface area contributed by atoms with E-state index >= 15 is 0 Å². The van der Waals surface area contributed by atoms with Crippen molar-refractivity contribution in [1.29, 1.82) is 0 Å². The van der Waals surface area contributed by atoms with Gasteiger partial charge >= 0.3 is 0 Å². The molecular formula is C12H19N5O. The van der Waals surface area contributed by atoms with Crippen LogP contribution in [-0.4, -0.2) is 19.7 Å². The molecule has 2 heterocycles. The number of rotatable bonds is 6. The van der Waals surface area contributed by atoms with Crippen LogP contribution in [0.4, 0.5) is 0 Å². The molecule has 2 aromatic rings. The standard InChI is InChI=1S/C12H19N5O/c1-9(2)5-10(13)11-6-14-7-17(11)4-3-12-15-8-18-16-12/h6-10H,3-5,13H2,1-2H3. The third-order valence-electron chi connectivity index (χ3n) is 2.83. The van der Waals surface area contributed by atoms with Gasteiger partial charge in [-0.1, -0.05) is 19.0 Å². The Morgan fingerprint density at radius 1 is 1.44 bits per heavy atom. The zero-order chi connectivity index (χ0) is 13.0. The minimum absolute atomic E-state index is 0.0257. The molecule has 6 heteroatoms. The second-order valence-electron chi connectivity index (χ2n) is 4.85. The minimum Gasteiger partial charge on any atom is -0.343 e. The highest BCUT2D eigenvalue weighted by Crippen LogP contribution is 2.18. The summed E-state index contributed by atoms with van der Waals surface area (Å²) in [5.41, 5.74) is 7.24. The lowest BCUT2D eigenvalue weighted by Gasteiger charge is -2.16. The molecule has 98 valence electrons. The molecule has 2 aromatic heterocycles. The van der Waals surface area contributed by atoms with Crippen LogP contribution in [0.15, 0.2) is 23.4 Å². The summed E-state index contributed by atoms with van der Waals surface area (Å²) in [5.74, 6) is 1.27. The lowest BCUT2D eigenvalue weighted by molar-refractivity contribution is 0.407. The topological polar surface area (TPSA) is 82.8 Å². The van der Waals surface area contributed by atoms with Gasteiger partial charge in [0.25, 0.3) is 0 Å². The van der Waals surface area contributed by atoms with Gasteiger partial charge in [-0.15, -0.1) is 0 Å². The zero-order valence-corrected chi connectivity index (χ0v) is 10.8. The monoisotopic (exact) mass is 249 g/mol. The highest BCUT2D eigenvalue weighted by Gasteiger charge is 2.13. The van der Waals surface area contributed by atoms with Crippen molar-refractivity contribution in [3.8, 4) is 0 Å². The number of nitrogens with zero attached hydrogens (tertiary/aromatic N) is 4. The molecule has 0 radical (unpaired) electrons. The number of hydrogen-bond donors (Lipinski definition) is 1. The predicted molar refractivity (Wildman–Crippen MR) is 66.6 cm³/mol. The van der Waals surface area contributed by atoms with Crippen LogP contribution >= 0.6 is 0 Å². The van der Waals surface area contributed by atoms with Gasteiger partial charge in [0, 0.05) is 25.2 Å². The van der Waals surface area contributed by atoms with E-state index in [0.717, 1.165) is 18.7 Å². The first kappa shape index (κ1) is 12.8. The summed E-state index contributed by atoms with van der Waals surface area (Å²) < 4.78 is 6.76. The quantitative estimate of drug-likeness (QED) is 0.840. The summed E-state index contributed by atoms with van der Waals surface area (Å²) in [5, 5.41) is 3.79. The second kappa shape index (κ2) is 5.77. The van der Waals surface area contributed by atoms with Crippen molar-refractivity contribution in [2.45, 2.75) is 39.3 Å². The summed E-state index contributed by atoms with van der Waals surface area (Å²) in [6.45, 7) is 5.10. The number of aromatic nitrogens is 4. The van der Waals surface area contributed by atoms with Crippen LogP contribution in [0.5, 0.6) is 0 Å². The van der Waals surface area contributed by atoms with E-state index in [2.05, 4.69) is 33.5 Å². The maximum Gasteiger partial charge on any atom is 0.213 e. The van der Waals surface area contributed by atoms with Gasteiger partial charge in [-0.3, -0.25) is 0 Å². The number of aryl methyl sites for hydroxylation is 2. The van der Waals surface area contributed by atoms with Crippen molar-refractivity contribution in [2.75, 3.05) is 0 Å². The van der Waals surface area contributed by atoms with Crippen LogP contribution in [0.3, 0.4) is 0 Å². The molecule has 0 bridgehead atoms. The van der Waals surface area contributed by atoms with Crippen LogP contribution in [0.2, 0.25) is 0 Å². The summed E-state index contributed by atoms with van der Waals surface area (Å²) in [4.78, 5) is 8.16.